The van der Waals surface area contributed by atoms with Gasteiger partial charge in [0.05, 0.1) is 25.5 Å². The summed E-state index contributed by atoms with van der Waals surface area (Å²) in [7, 11) is 3.01. The van der Waals surface area contributed by atoms with E-state index in [1.807, 2.05) is 18.2 Å². The van der Waals surface area contributed by atoms with Gasteiger partial charge >= 0.3 is 0 Å². The number of anilines is 1. The van der Waals surface area contributed by atoms with E-state index >= 15 is 0 Å². The maximum atomic E-state index is 12.3. The van der Waals surface area contributed by atoms with Crippen molar-refractivity contribution in [3.63, 3.8) is 0 Å². The second-order valence-electron chi connectivity index (χ2n) is 6.66. The number of carbonyl (C=O) groups excluding carboxylic acids is 2. The van der Waals surface area contributed by atoms with Crippen molar-refractivity contribution in [1.82, 2.24) is 5.43 Å². The molecule has 0 saturated carbocycles. The average Bonchev–Trinajstić information content (AvgIpc) is 2.83. The van der Waals surface area contributed by atoms with Crippen LogP contribution >= 0.6 is 11.6 Å². The van der Waals surface area contributed by atoms with E-state index in [0.717, 1.165) is 0 Å². The molecule has 0 aliphatic heterocycles. The molecule has 0 aliphatic carbocycles. The quantitative estimate of drug-likeness (QED) is 0.364. The van der Waals surface area contributed by atoms with Gasteiger partial charge in [-0.25, -0.2) is 5.43 Å². The van der Waals surface area contributed by atoms with Gasteiger partial charge in [0.25, 0.3) is 11.8 Å². The lowest BCUT2D eigenvalue weighted by atomic mass is 10.2. The number of hydrazone groups is 1. The largest absolute Gasteiger partial charge is 0.493 e. The summed E-state index contributed by atoms with van der Waals surface area (Å²) in [5.74, 6) is 0.593. The highest BCUT2D eigenvalue weighted by Gasteiger charge is 2.10. The van der Waals surface area contributed by atoms with Crippen molar-refractivity contribution < 1.29 is 23.8 Å². The van der Waals surface area contributed by atoms with E-state index in [9.17, 15) is 9.59 Å². The zero-order valence-electron chi connectivity index (χ0n) is 18.0. The first kappa shape index (κ1) is 23.6. The number of halogens is 1. The van der Waals surface area contributed by atoms with Crippen LogP contribution in [-0.4, -0.2) is 38.9 Å². The van der Waals surface area contributed by atoms with E-state index < -0.39 is 5.91 Å². The SMILES string of the molecule is COc1ccc(C(=O)N/N=C/c2ccc(OCC(=O)Nc3ccccc3)c(Cl)c2)cc1OC. The summed E-state index contributed by atoms with van der Waals surface area (Å²) >= 11 is 6.24. The molecule has 3 rings (SSSR count). The summed E-state index contributed by atoms with van der Waals surface area (Å²) in [6.07, 6.45) is 1.44. The summed E-state index contributed by atoms with van der Waals surface area (Å²) in [5.41, 5.74) is 4.11. The Kier molecular flexibility index (Phi) is 8.26. The molecule has 0 bridgehead atoms. The third kappa shape index (κ3) is 6.72. The number of hydrogen-bond acceptors (Lipinski definition) is 6. The van der Waals surface area contributed by atoms with E-state index in [4.69, 9.17) is 25.8 Å². The van der Waals surface area contributed by atoms with Crippen molar-refractivity contribution in [2.75, 3.05) is 26.1 Å². The second-order valence-corrected chi connectivity index (χ2v) is 7.07. The number of amides is 2. The Morgan fingerprint density at radius 1 is 0.939 bits per heavy atom. The lowest BCUT2D eigenvalue weighted by Crippen LogP contribution is -2.20. The number of para-hydroxylation sites is 1. The van der Waals surface area contributed by atoms with Crippen molar-refractivity contribution in [3.05, 3.63) is 82.9 Å². The molecule has 0 spiro atoms. The van der Waals surface area contributed by atoms with Crippen molar-refractivity contribution in [1.29, 1.82) is 0 Å². The van der Waals surface area contributed by atoms with Crippen LogP contribution in [0.25, 0.3) is 0 Å². The van der Waals surface area contributed by atoms with Gasteiger partial charge in [0, 0.05) is 11.3 Å². The molecule has 170 valence electrons. The molecule has 0 saturated heterocycles. The fraction of sp³-hybridized carbons (Fsp3) is 0.125. The fourth-order valence-corrected chi connectivity index (χ4v) is 3.03. The third-order valence-corrected chi connectivity index (χ3v) is 4.69. The Morgan fingerprint density at radius 2 is 1.67 bits per heavy atom. The molecular weight excluding hydrogens is 446 g/mol. The van der Waals surface area contributed by atoms with E-state index in [1.54, 1.807) is 48.5 Å². The molecule has 9 heteroatoms. The molecular formula is C24H22ClN3O5. The van der Waals surface area contributed by atoms with E-state index in [0.29, 0.717) is 39.1 Å². The zero-order chi connectivity index (χ0) is 23.6. The number of hydrogen-bond donors (Lipinski definition) is 2. The van der Waals surface area contributed by atoms with Crippen molar-refractivity contribution in [2.45, 2.75) is 0 Å². The first-order valence-electron chi connectivity index (χ1n) is 9.83. The number of methoxy groups -OCH3 is 2. The summed E-state index contributed by atoms with van der Waals surface area (Å²) in [6.45, 7) is -0.191. The van der Waals surface area contributed by atoms with Gasteiger partial charge < -0.3 is 19.5 Å². The zero-order valence-corrected chi connectivity index (χ0v) is 18.8. The van der Waals surface area contributed by atoms with Gasteiger partial charge in [-0.3, -0.25) is 9.59 Å². The molecule has 0 fully saturated rings. The molecule has 0 unspecified atom stereocenters. The van der Waals surface area contributed by atoms with Crippen LogP contribution in [0.4, 0.5) is 5.69 Å². The van der Waals surface area contributed by atoms with Crippen LogP contribution in [0, 0.1) is 0 Å². The van der Waals surface area contributed by atoms with Crippen LogP contribution in [0.3, 0.4) is 0 Å². The Bertz CT molecular complexity index is 1150. The van der Waals surface area contributed by atoms with Crippen LogP contribution in [0.2, 0.25) is 5.02 Å². The molecule has 2 N–H and O–H groups in total. The van der Waals surface area contributed by atoms with Gasteiger partial charge in [-0.05, 0) is 54.1 Å². The Balaban J connectivity index is 1.54. The maximum Gasteiger partial charge on any atom is 0.271 e. The van der Waals surface area contributed by atoms with Crippen LogP contribution < -0.4 is 25.0 Å². The number of benzene rings is 3. The molecule has 2 amide bonds. The fourth-order valence-electron chi connectivity index (χ4n) is 2.78. The van der Waals surface area contributed by atoms with Crippen molar-refractivity contribution >= 4 is 35.3 Å². The Labute approximate surface area is 196 Å². The van der Waals surface area contributed by atoms with E-state index in [-0.39, 0.29) is 12.5 Å². The molecule has 0 aromatic heterocycles. The van der Waals surface area contributed by atoms with Gasteiger partial charge in [-0.2, -0.15) is 5.10 Å². The monoisotopic (exact) mass is 467 g/mol. The number of ether oxygens (including phenoxy) is 3. The first-order chi connectivity index (χ1) is 16.0. The minimum Gasteiger partial charge on any atom is -0.493 e. The lowest BCUT2D eigenvalue weighted by molar-refractivity contribution is -0.118. The van der Waals surface area contributed by atoms with Gasteiger partial charge in [0.15, 0.2) is 18.1 Å². The predicted molar refractivity (Wildman–Crippen MR) is 127 cm³/mol. The molecule has 0 radical (unpaired) electrons. The third-order valence-electron chi connectivity index (χ3n) is 4.40. The predicted octanol–water partition coefficient (Wildman–Crippen LogP) is 4.14. The summed E-state index contributed by atoms with van der Waals surface area (Å²) < 4.78 is 15.8. The lowest BCUT2D eigenvalue weighted by Gasteiger charge is -2.09. The topological polar surface area (TPSA) is 98.3 Å². The summed E-state index contributed by atoms with van der Waals surface area (Å²) in [5, 5.41) is 6.98. The Morgan fingerprint density at radius 3 is 2.36 bits per heavy atom. The maximum absolute atomic E-state index is 12.3. The van der Waals surface area contributed by atoms with Crippen LogP contribution in [-0.2, 0) is 4.79 Å². The molecule has 33 heavy (non-hydrogen) atoms. The average molecular weight is 468 g/mol. The van der Waals surface area contributed by atoms with Crippen molar-refractivity contribution in [3.8, 4) is 17.2 Å². The van der Waals surface area contributed by atoms with Gasteiger partial charge in [-0.15, -0.1) is 0 Å². The van der Waals surface area contributed by atoms with Crippen molar-refractivity contribution in [2.24, 2.45) is 5.10 Å². The number of nitrogens with one attached hydrogen (secondary N) is 2. The number of rotatable bonds is 9. The molecule has 3 aromatic rings. The van der Waals surface area contributed by atoms with Crippen LogP contribution in [0.1, 0.15) is 15.9 Å². The molecule has 3 aromatic carbocycles. The normalized spacial score (nSPS) is 10.5. The highest BCUT2D eigenvalue weighted by molar-refractivity contribution is 6.32. The first-order valence-corrected chi connectivity index (χ1v) is 10.2. The minimum atomic E-state index is -0.414. The van der Waals surface area contributed by atoms with Gasteiger partial charge in [0.2, 0.25) is 0 Å². The molecule has 0 aliphatic rings. The van der Waals surface area contributed by atoms with Crippen LogP contribution in [0.5, 0.6) is 17.2 Å². The van der Waals surface area contributed by atoms with Gasteiger partial charge in [0.1, 0.15) is 5.75 Å². The highest BCUT2D eigenvalue weighted by atomic mass is 35.5. The minimum absolute atomic E-state index is 0.191. The summed E-state index contributed by atoms with van der Waals surface area (Å²) in [6, 6.07) is 18.8. The molecule has 0 heterocycles. The van der Waals surface area contributed by atoms with E-state index in [2.05, 4.69) is 15.8 Å². The number of nitrogens with zero attached hydrogens (tertiary/aromatic N) is 1. The molecule has 0 atom stereocenters. The molecule has 8 nitrogen and oxygen atoms in total. The second kappa shape index (κ2) is 11.5. The number of carbonyl (C=O) groups is 2. The smallest absolute Gasteiger partial charge is 0.271 e. The van der Waals surface area contributed by atoms with Crippen LogP contribution in [0.15, 0.2) is 71.8 Å². The van der Waals surface area contributed by atoms with Gasteiger partial charge in [-0.1, -0.05) is 29.8 Å². The van der Waals surface area contributed by atoms with E-state index in [1.165, 1.54) is 20.4 Å². The highest BCUT2D eigenvalue weighted by Crippen LogP contribution is 2.27. The summed E-state index contributed by atoms with van der Waals surface area (Å²) in [4.78, 5) is 24.3. The standard InChI is InChI=1S/C24H22ClN3O5/c1-31-21-11-9-17(13-22(21)32-2)24(30)28-26-14-16-8-10-20(19(25)12-16)33-15-23(29)27-18-6-4-3-5-7-18/h3-14H,15H2,1-2H3,(H,27,29)(H,28,30)/b26-14+. The Hall–Kier alpha value is -4.04.